The number of amides is 1. The van der Waals surface area contributed by atoms with Crippen LogP contribution in [0.4, 0.5) is 13.2 Å². The van der Waals surface area contributed by atoms with Crippen LogP contribution in [0.25, 0.3) is 6.08 Å². The van der Waals surface area contributed by atoms with Crippen molar-refractivity contribution < 1.29 is 33.0 Å². The lowest BCUT2D eigenvalue weighted by Crippen LogP contribution is -2.42. The largest absolute Gasteiger partial charge is 0.480 e. The van der Waals surface area contributed by atoms with E-state index in [9.17, 15) is 33.0 Å². The van der Waals surface area contributed by atoms with Crippen molar-refractivity contribution in [2.75, 3.05) is 0 Å². The predicted molar refractivity (Wildman–Crippen MR) is 96.1 cm³/mol. The molecule has 0 unspecified atom stereocenters. The first kappa shape index (κ1) is 21.2. The zero-order chi connectivity index (χ0) is 20.7. The van der Waals surface area contributed by atoms with Crippen molar-refractivity contribution >= 4 is 18.0 Å². The van der Waals surface area contributed by atoms with Crippen LogP contribution in [0, 0.1) is 0 Å². The van der Waals surface area contributed by atoms with Gasteiger partial charge in [-0.05, 0) is 29.7 Å². The summed E-state index contributed by atoms with van der Waals surface area (Å²) in [5.41, 5.74) is -0.143. The first-order chi connectivity index (χ1) is 13.2. The quantitative estimate of drug-likeness (QED) is 0.673. The fourth-order valence-electron chi connectivity index (χ4n) is 2.38. The molecule has 0 bridgehead atoms. The summed E-state index contributed by atoms with van der Waals surface area (Å²) in [7, 11) is 0. The molecule has 0 aliphatic carbocycles. The predicted octanol–water partition coefficient (Wildman–Crippen LogP) is 3.41. The van der Waals surface area contributed by atoms with E-state index >= 15 is 0 Å². The number of aliphatic hydroxyl groups excluding tert-OH is 1. The van der Waals surface area contributed by atoms with E-state index in [4.69, 9.17) is 0 Å². The Morgan fingerprint density at radius 1 is 1.04 bits per heavy atom. The van der Waals surface area contributed by atoms with Gasteiger partial charge in [0.25, 0.3) is 5.91 Å². The number of aliphatic carboxylic acids is 1. The lowest BCUT2D eigenvalue weighted by molar-refractivity contribution is -0.143. The summed E-state index contributed by atoms with van der Waals surface area (Å²) in [5, 5.41) is 21.4. The number of carboxylic acid groups (broad SMARTS) is 1. The maximum atomic E-state index is 12.6. The van der Waals surface area contributed by atoms with Gasteiger partial charge in [-0.2, -0.15) is 13.2 Å². The molecule has 2 atom stereocenters. The second-order valence-corrected chi connectivity index (χ2v) is 5.97. The third-order valence-electron chi connectivity index (χ3n) is 3.90. The van der Waals surface area contributed by atoms with Gasteiger partial charge in [0.05, 0.1) is 5.56 Å². The Bertz CT molecular complexity index is 833. The Morgan fingerprint density at radius 3 is 2.18 bits per heavy atom. The number of hydrogen-bond acceptors (Lipinski definition) is 3. The molecule has 1 amide bonds. The van der Waals surface area contributed by atoms with Crippen molar-refractivity contribution in [3.63, 3.8) is 0 Å². The molecule has 0 saturated heterocycles. The van der Waals surface area contributed by atoms with Gasteiger partial charge >= 0.3 is 12.1 Å². The van der Waals surface area contributed by atoms with Gasteiger partial charge in [0, 0.05) is 0 Å². The van der Waals surface area contributed by atoms with E-state index in [1.807, 2.05) is 30.3 Å². The van der Waals surface area contributed by atoms with Crippen molar-refractivity contribution in [2.24, 2.45) is 0 Å². The molecule has 0 fully saturated rings. The fraction of sp³-hybridized carbons (Fsp3) is 0.200. The lowest BCUT2D eigenvalue weighted by Gasteiger charge is -2.17. The van der Waals surface area contributed by atoms with E-state index < -0.39 is 35.8 Å². The molecule has 0 aromatic heterocycles. The number of carbonyl (C=O) groups is 2. The van der Waals surface area contributed by atoms with Crippen LogP contribution < -0.4 is 5.32 Å². The first-order valence-corrected chi connectivity index (χ1v) is 8.28. The summed E-state index contributed by atoms with van der Waals surface area (Å²) in [6.45, 7) is 0. The monoisotopic (exact) mass is 393 g/mol. The van der Waals surface area contributed by atoms with E-state index in [0.717, 1.165) is 29.8 Å². The highest BCUT2D eigenvalue weighted by atomic mass is 19.4. The highest BCUT2D eigenvalue weighted by molar-refractivity contribution is 5.87. The molecule has 2 rings (SSSR count). The summed E-state index contributed by atoms with van der Waals surface area (Å²) in [6.07, 6.45) is -3.10. The van der Waals surface area contributed by atoms with Crippen molar-refractivity contribution in [1.29, 1.82) is 0 Å². The summed E-state index contributed by atoms with van der Waals surface area (Å²) in [6, 6.07) is 11.2. The van der Waals surface area contributed by atoms with Crippen molar-refractivity contribution in [2.45, 2.75) is 24.7 Å². The number of hydrogen-bond donors (Lipinski definition) is 3. The molecular formula is C20H18F3NO4. The second kappa shape index (κ2) is 9.18. The van der Waals surface area contributed by atoms with Gasteiger partial charge in [0.1, 0.15) is 6.04 Å². The summed E-state index contributed by atoms with van der Waals surface area (Å²) in [4.78, 5) is 23.4. The zero-order valence-electron chi connectivity index (χ0n) is 14.6. The van der Waals surface area contributed by atoms with E-state index in [1.54, 1.807) is 12.2 Å². The molecule has 0 saturated carbocycles. The molecule has 0 heterocycles. The fourth-order valence-corrected chi connectivity index (χ4v) is 2.38. The Labute approximate surface area is 159 Å². The smallest absolute Gasteiger partial charge is 0.416 e. The topological polar surface area (TPSA) is 86.6 Å². The second-order valence-electron chi connectivity index (χ2n) is 5.97. The van der Waals surface area contributed by atoms with E-state index in [0.29, 0.717) is 0 Å². The van der Waals surface area contributed by atoms with Crippen LogP contribution in [0.1, 0.15) is 29.2 Å². The Balaban J connectivity index is 2.01. The van der Waals surface area contributed by atoms with Gasteiger partial charge in [-0.15, -0.1) is 0 Å². The maximum absolute atomic E-state index is 12.6. The molecule has 0 aliphatic rings. The van der Waals surface area contributed by atoms with Gasteiger partial charge in [-0.3, -0.25) is 4.79 Å². The van der Waals surface area contributed by atoms with Crippen LogP contribution in [0.5, 0.6) is 0 Å². The molecule has 5 nitrogen and oxygen atoms in total. The van der Waals surface area contributed by atoms with Gasteiger partial charge in [-0.1, -0.05) is 54.6 Å². The minimum Gasteiger partial charge on any atom is -0.480 e. The van der Waals surface area contributed by atoms with Crippen LogP contribution in [0.2, 0.25) is 0 Å². The third kappa shape index (κ3) is 5.95. The average molecular weight is 393 g/mol. The number of nitrogens with one attached hydrogen (secondary N) is 1. The van der Waals surface area contributed by atoms with Gasteiger partial charge in [0.15, 0.2) is 6.10 Å². The standard InChI is InChI=1S/C20H18F3NO4/c21-20(22,23)15-11-9-14(10-12-15)17(25)18(26)24-16(19(27)28)8-4-7-13-5-2-1-3-6-13/h1-7,9-12,16-17,25H,8H2,(H,24,26)(H,27,28)/b7-4+/t16-,17+/m1/s1. The number of benzene rings is 2. The van der Waals surface area contributed by atoms with E-state index in [-0.39, 0.29) is 12.0 Å². The molecule has 2 aromatic rings. The normalized spacial score (nSPS) is 13.9. The van der Waals surface area contributed by atoms with Gasteiger partial charge in [-0.25, -0.2) is 4.79 Å². The van der Waals surface area contributed by atoms with Gasteiger partial charge in [0.2, 0.25) is 0 Å². The van der Waals surface area contributed by atoms with Crippen LogP contribution in [-0.2, 0) is 15.8 Å². The SMILES string of the molecule is O=C(N[C@H](C/C=C/c1ccccc1)C(=O)O)[C@@H](O)c1ccc(C(F)(F)F)cc1. The summed E-state index contributed by atoms with van der Waals surface area (Å²) < 4.78 is 37.7. The van der Waals surface area contributed by atoms with Crippen molar-refractivity contribution in [3.8, 4) is 0 Å². The molecule has 3 N–H and O–H groups in total. The minimum atomic E-state index is -4.54. The molecule has 8 heteroatoms. The maximum Gasteiger partial charge on any atom is 0.416 e. The van der Waals surface area contributed by atoms with E-state index in [2.05, 4.69) is 5.32 Å². The molecule has 0 aliphatic heterocycles. The molecule has 0 spiro atoms. The molecule has 2 aromatic carbocycles. The third-order valence-corrected chi connectivity index (χ3v) is 3.90. The average Bonchev–Trinajstić information content (AvgIpc) is 2.66. The lowest BCUT2D eigenvalue weighted by atomic mass is 10.1. The number of halogens is 3. The summed E-state index contributed by atoms with van der Waals surface area (Å²) >= 11 is 0. The zero-order valence-corrected chi connectivity index (χ0v) is 14.6. The van der Waals surface area contributed by atoms with Crippen LogP contribution in [0.3, 0.4) is 0 Å². The van der Waals surface area contributed by atoms with Crippen molar-refractivity contribution in [1.82, 2.24) is 5.32 Å². The summed E-state index contributed by atoms with van der Waals surface area (Å²) in [5.74, 6) is -2.31. The molecule has 148 valence electrons. The number of carbonyl (C=O) groups excluding carboxylic acids is 1. The van der Waals surface area contributed by atoms with Gasteiger partial charge < -0.3 is 15.5 Å². The Kier molecular flexibility index (Phi) is 6.94. The Hall–Kier alpha value is -3.13. The Morgan fingerprint density at radius 2 is 1.64 bits per heavy atom. The van der Waals surface area contributed by atoms with E-state index in [1.165, 1.54) is 0 Å². The highest BCUT2D eigenvalue weighted by Gasteiger charge is 2.31. The van der Waals surface area contributed by atoms with Crippen LogP contribution in [0.15, 0.2) is 60.7 Å². The number of alkyl halides is 3. The van der Waals surface area contributed by atoms with Crippen LogP contribution in [-0.4, -0.2) is 28.1 Å². The van der Waals surface area contributed by atoms with Crippen LogP contribution >= 0.6 is 0 Å². The molecule has 28 heavy (non-hydrogen) atoms. The number of carboxylic acids is 1. The first-order valence-electron chi connectivity index (χ1n) is 8.28. The highest BCUT2D eigenvalue weighted by Crippen LogP contribution is 2.30. The minimum absolute atomic E-state index is 0.0320. The molecule has 0 radical (unpaired) electrons. The molecular weight excluding hydrogens is 375 g/mol. The number of rotatable bonds is 7. The number of aliphatic hydroxyl groups is 1. The van der Waals surface area contributed by atoms with Crippen molar-refractivity contribution in [3.05, 3.63) is 77.4 Å².